The molecule has 0 N–H and O–H groups in total. The Morgan fingerprint density at radius 3 is 2.35 bits per heavy atom. The van der Waals surface area contributed by atoms with Gasteiger partial charge in [0.2, 0.25) is 0 Å². The molecule has 3 heterocycles. The molecule has 9 heteroatoms. The lowest BCUT2D eigenvalue weighted by Gasteiger charge is -2.33. The fourth-order valence-corrected chi connectivity index (χ4v) is 6.18. The minimum Gasteiger partial charge on any atom is -0.351 e. The highest BCUT2D eigenvalue weighted by Gasteiger charge is 2.30. The third-order valence-corrected chi connectivity index (χ3v) is 8.51. The van der Waals surface area contributed by atoms with E-state index in [4.69, 9.17) is 11.6 Å². The first-order chi connectivity index (χ1) is 12.2. The van der Waals surface area contributed by atoms with Crippen molar-refractivity contribution in [1.82, 2.24) is 13.8 Å². The van der Waals surface area contributed by atoms with Crippen LogP contribution in [0.1, 0.15) is 21.7 Å². The Balaban J connectivity index is 1.62. The lowest BCUT2D eigenvalue weighted by Crippen LogP contribution is -2.49. The molecule has 2 aromatic heterocycles. The molecule has 142 valence electrons. The molecule has 1 saturated heterocycles. The van der Waals surface area contributed by atoms with Crippen molar-refractivity contribution in [3.05, 3.63) is 39.5 Å². The molecule has 0 unspecified atom stereocenters. The molecule has 3 rings (SSSR count). The van der Waals surface area contributed by atoms with Gasteiger partial charge in [-0.1, -0.05) is 11.6 Å². The van der Waals surface area contributed by atoms with Crippen LogP contribution in [0.25, 0.3) is 0 Å². The van der Waals surface area contributed by atoms with Crippen molar-refractivity contribution in [3.8, 4) is 0 Å². The maximum absolute atomic E-state index is 12.6. The number of ketones is 1. The summed E-state index contributed by atoms with van der Waals surface area (Å²) in [5.74, 6) is 0.0764. The van der Waals surface area contributed by atoms with Gasteiger partial charge in [0.25, 0.3) is 10.0 Å². The number of thiophene rings is 1. The normalized spacial score (nSPS) is 16.9. The topological polar surface area (TPSA) is 62.6 Å². The van der Waals surface area contributed by atoms with E-state index < -0.39 is 10.0 Å². The minimum absolute atomic E-state index is 0.0764. The van der Waals surface area contributed by atoms with Crippen molar-refractivity contribution < 1.29 is 13.2 Å². The summed E-state index contributed by atoms with van der Waals surface area (Å²) in [6.07, 6.45) is 0. The molecule has 0 radical (unpaired) electrons. The highest BCUT2D eigenvalue weighted by molar-refractivity contribution is 7.91. The molecule has 1 fully saturated rings. The number of nitrogens with zero attached hydrogens (tertiary/aromatic N) is 3. The molecular formula is C17H22ClN3O3S2. The molecule has 1 aliphatic rings. The number of halogens is 1. The lowest BCUT2D eigenvalue weighted by molar-refractivity contribution is 0.0901. The van der Waals surface area contributed by atoms with Crippen LogP contribution < -0.4 is 0 Å². The average molecular weight is 416 g/mol. The largest absolute Gasteiger partial charge is 0.351 e. The van der Waals surface area contributed by atoms with Crippen molar-refractivity contribution in [3.63, 3.8) is 0 Å². The van der Waals surface area contributed by atoms with E-state index in [9.17, 15) is 13.2 Å². The quantitative estimate of drug-likeness (QED) is 0.704. The first-order valence-corrected chi connectivity index (χ1v) is 11.0. The Hall–Kier alpha value is -1.19. The summed E-state index contributed by atoms with van der Waals surface area (Å²) in [5, 5.41) is 0. The summed E-state index contributed by atoms with van der Waals surface area (Å²) in [4.78, 5) is 14.6. The van der Waals surface area contributed by atoms with Crippen LogP contribution >= 0.6 is 22.9 Å². The van der Waals surface area contributed by atoms with E-state index in [1.807, 2.05) is 36.4 Å². The predicted molar refractivity (Wildman–Crippen MR) is 104 cm³/mol. The van der Waals surface area contributed by atoms with E-state index in [-0.39, 0.29) is 9.99 Å². The van der Waals surface area contributed by atoms with Crippen molar-refractivity contribution in [2.75, 3.05) is 32.7 Å². The number of Topliss-reactive ketones (excluding diaryl/α,β-unsaturated/α-hetero) is 1. The number of aryl methyl sites for hydroxylation is 1. The number of rotatable bonds is 5. The monoisotopic (exact) mass is 415 g/mol. The Labute approximate surface area is 163 Å². The molecule has 1 aliphatic heterocycles. The number of hydrogen-bond acceptors (Lipinski definition) is 5. The molecule has 0 aromatic carbocycles. The number of carbonyl (C=O) groups excluding carboxylic acids is 1. The minimum atomic E-state index is -3.50. The van der Waals surface area contributed by atoms with Gasteiger partial charge in [0.1, 0.15) is 4.21 Å². The molecule has 0 saturated carbocycles. The summed E-state index contributed by atoms with van der Waals surface area (Å²) in [6, 6.07) is 5.05. The summed E-state index contributed by atoms with van der Waals surface area (Å²) < 4.78 is 29.4. The van der Waals surface area contributed by atoms with Crippen molar-refractivity contribution in [2.24, 2.45) is 7.05 Å². The van der Waals surface area contributed by atoms with E-state index in [0.717, 1.165) is 28.3 Å². The van der Waals surface area contributed by atoms with Crippen LogP contribution in [0.2, 0.25) is 4.34 Å². The predicted octanol–water partition coefficient (Wildman–Crippen LogP) is 2.55. The standard InChI is InChI=1S/C17H22ClN3O3S2/c1-12-10-14(13(2)19(12)3)15(22)11-20-6-8-21(9-7-20)26(23,24)17-5-4-16(18)25-17/h4-5,10H,6-9,11H2,1-3H3. The molecule has 26 heavy (non-hydrogen) atoms. The summed E-state index contributed by atoms with van der Waals surface area (Å²) in [7, 11) is -1.56. The van der Waals surface area contributed by atoms with Crippen LogP contribution in [-0.2, 0) is 17.1 Å². The molecular weight excluding hydrogens is 394 g/mol. The zero-order chi connectivity index (χ0) is 19.1. The van der Waals surface area contributed by atoms with Crippen molar-refractivity contribution in [2.45, 2.75) is 18.1 Å². The number of sulfonamides is 1. The second-order valence-corrected chi connectivity index (χ2v) is 10.4. The van der Waals surface area contributed by atoms with Crippen LogP contribution in [0.15, 0.2) is 22.4 Å². The molecule has 0 bridgehead atoms. The first kappa shape index (κ1) is 19.6. The molecule has 0 amide bonds. The second-order valence-electron chi connectivity index (χ2n) is 6.51. The highest BCUT2D eigenvalue weighted by atomic mass is 35.5. The first-order valence-electron chi connectivity index (χ1n) is 8.34. The SMILES string of the molecule is Cc1cc(C(=O)CN2CCN(S(=O)(=O)c3ccc(Cl)s3)CC2)c(C)n1C. The number of piperazine rings is 1. The van der Waals surface area contributed by atoms with E-state index >= 15 is 0 Å². The molecule has 0 atom stereocenters. The van der Waals surface area contributed by atoms with E-state index in [1.165, 1.54) is 4.31 Å². The maximum Gasteiger partial charge on any atom is 0.252 e. The van der Waals surface area contributed by atoms with Gasteiger partial charge in [-0.05, 0) is 32.0 Å². The van der Waals surface area contributed by atoms with E-state index in [2.05, 4.69) is 0 Å². The second kappa shape index (κ2) is 7.44. The van der Waals surface area contributed by atoms with Crippen LogP contribution in [0.3, 0.4) is 0 Å². The molecule has 0 aliphatic carbocycles. The maximum atomic E-state index is 12.6. The highest BCUT2D eigenvalue weighted by Crippen LogP contribution is 2.28. The number of aromatic nitrogens is 1. The van der Waals surface area contributed by atoms with Gasteiger partial charge >= 0.3 is 0 Å². The number of carbonyl (C=O) groups is 1. The van der Waals surface area contributed by atoms with Crippen LogP contribution in [0, 0.1) is 13.8 Å². The van der Waals surface area contributed by atoms with Gasteiger partial charge in [-0.3, -0.25) is 9.69 Å². The van der Waals surface area contributed by atoms with Crippen LogP contribution in [-0.4, -0.2) is 60.7 Å². The van der Waals surface area contributed by atoms with E-state index in [0.29, 0.717) is 37.1 Å². The Morgan fingerprint density at radius 2 is 1.85 bits per heavy atom. The van der Waals surface area contributed by atoms with Crippen molar-refractivity contribution >= 4 is 38.7 Å². The van der Waals surface area contributed by atoms with Crippen molar-refractivity contribution in [1.29, 1.82) is 0 Å². The zero-order valence-corrected chi connectivity index (χ0v) is 17.4. The third kappa shape index (κ3) is 3.75. The fraction of sp³-hybridized carbons (Fsp3) is 0.471. The Bertz CT molecular complexity index is 925. The summed E-state index contributed by atoms with van der Waals surface area (Å²) >= 11 is 6.93. The van der Waals surface area contributed by atoms with Gasteiger partial charge in [0.15, 0.2) is 5.78 Å². The average Bonchev–Trinajstić information content (AvgIpc) is 3.15. The van der Waals surface area contributed by atoms with Gasteiger partial charge in [-0.15, -0.1) is 11.3 Å². The lowest BCUT2D eigenvalue weighted by atomic mass is 10.1. The van der Waals surface area contributed by atoms with Gasteiger partial charge in [-0.2, -0.15) is 4.31 Å². The molecule has 2 aromatic rings. The van der Waals surface area contributed by atoms with E-state index in [1.54, 1.807) is 12.1 Å². The Morgan fingerprint density at radius 1 is 1.19 bits per heavy atom. The van der Waals surface area contributed by atoms with Gasteiger partial charge in [0, 0.05) is 50.2 Å². The number of hydrogen-bond donors (Lipinski definition) is 0. The van der Waals surface area contributed by atoms with Crippen LogP contribution in [0.4, 0.5) is 0 Å². The third-order valence-electron chi connectivity index (χ3n) is 4.92. The molecule has 0 spiro atoms. The summed E-state index contributed by atoms with van der Waals surface area (Å²) in [6.45, 7) is 6.05. The Kier molecular flexibility index (Phi) is 5.60. The smallest absolute Gasteiger partial charge is 0.252 e. The summed E-state index contributed by atoms with van der Waals surface area (Å²) in [5.41, 5.74) is 2.76. The zero-order valence-electron chi connectivity index (χ0n) is 15.0. The van der Waals surface area contributed by atoms with Crippen LogP contribution in [0.5, 0.6) is 0 Å². The fourth-order valence-electron chi connectivity index (χ4n) is 3.12. The molecule has 6 nitrogen and oxygen atoms in total. The van der Waals surface area contributed by atoms with Gasteiger partial charge in [-0.25, -0.2) is 8.42 Å². The van der Waals surface area contributed by atoms with Gasteiger partial charge in [0.05, 0.1) is 10.9 Å². The van der Waals surface area contributed by atoms with Gasteiger partial charge < -0.3 is 4.57 Å².